The SMILES string of the molecule is COc1ccccc1NC(=O)COc1ccc(CNc2ccccc2)cc1Br. The first-order chi connectivity index (χ1) is 13.7. The lowest BCUT2D eigenvalue weighted by molar-refractivity contribution is -0.118. The van der Waals surface area contributed by atoms with Gasteiger partial charge in [-0.25, -0.2) is 0 Å². The van der Waals surface area contributed by atoms with Crippen molar-refractivity contribution in [3.05, 3.63) is 82.8 Å². The van der Waals surface area contributed by atoms with Crippen LogP contribution in [0.25, 0.3) is 0 Å². The molecule has 0 aliphatic carbocycles. The molecule has 5 nitrogen and oxygen atoms in total. The molecule has 0 spiro atoms. The number of amides is 1. The molecule has 2 N–H and O–H groups in total. The Morgan fingerprint density at radius 2 is 1.71 bits per heavy atom. The molecule has 3 aromatic rings. The fraction of sp³-hybridized carbons (Fsp3) is 0.136. The maximum absolute atomic E-state index is 12.2. The summed E-state index contributed by atoms with van der Waals surface area (Å²) in [5.41, 5.74) is 2.77. The van der Waals surface area contributed by atoms with E-state index in [1.54, 1.807) is 19.2 Å². The van der Waals surface area contributed by atoms with Crippen LogP contribution in [-0.4, -0.2) is 19.6 Å². The molecule has 3 aromatic carbocycles. The second-order valence-electron chi connectivity index (χ2n) is 6.02. The van der Waals surface area contributed by atoms with Crippen molar-refractivity contribution in [2.24, 2.45) is 0 Å². The molecule has 0 fully saturated rings. The van der Waals surface area contributed by atoms with E-state index in [1.807, 2.05) is 60.7 Å². The van der Waals surface area contributed by atoms with Crippen LogP contribution in [0.2, 0.25) is 0 Å². The van der Waals surface area contributed by atoms with Crippen LogP contribution in [-0.2, 0) is 11.3 Å². The number of nitrogens with one attached hydrogen (secondary N) is 2. The minimum Gasteiger partial charge on any atom is -0.495 e. The fourth-order valence-corrected chi connectivity index (χ4v) is 3.15. The molecule has 0 atom stereocenters. The summed E-state index contributed by atoms with van der Waals surface area (Å²) in [6, 6.07) is 23.0. The first-order valence-corrected chi connectivity index (χ1v) is 9.58. The number of carbonyl (C=O) groups excluding carboxylic acids is 1. The minimum atomic E-state index is -0.258. The van der Waals surface area contributed by atoms with E-state index in [0.717, 1.165) is 15.7 Å². The van der Waals surface area contributed by atoms with Crippen molar-refractivity contribution < 1.29 is 14.3 Å². The van der Waals surface area contributed by atoms with Crippen molar-refractivity contribution >= 4 is 33.2 Å². The summed E-state index contributed by atoms with van der Waals surface area (Å²) >= 11 is 3.51. The van der Waals surface area contributed by atoms with Gasteiger partial charge in [-0.1, -0.05) is 36.4 Å². The van der Waals surface area contributed by atoms with Crippen LogP contribution < -0.4 is 20.1 Å². The summed E-state index contributed by atoms with van der Waals surface area (Å²) in [5.74, 6) is 0.956. The van der Waals surface area contributed by atoms with Crippen LogP contribution in [0.4, 0.5) is 11.4 Å². The Kier molecular flexibility index (Phi) is 6.92. The molecule has 0 heterocycles. The monoisotopic (exact) mass is 440 g/mol. The number of para-hydroxylation sites is 3. The van der Waals surface area contributed by atoms with E-state index < -0.39 is 0 Å². The topological polar surface area (TPSA) is 59.6 Å². The third-order valence-electron chi connectivity index (χ3n) is 4.01. The average molecular weight is 441 g/mol. The second-order valence-corrected chi connectivity index (χ2v) is 6.88. The predicted octanol–water partition coefficient (Wildman–Crippen LogP) is 5.09. The number of hydrogen-bond donors (Lipinski definition) is 2. The van der Waals surface area contributed by atoms with Crippen molar-refractivity contribution in [2.75, 3.05) is 24.4 Å². The van der Waals surface area contributed by atoms with E-state index in [2.05, 4.69) is 26.6 Å². The van der Waals surface area contributed by atoms with E-state index in [0.29, 0.717) is 23.7 Å². The van der Waals surface area contributed by atoms with Crippen molar-refractivity contribution in [3.63, 3.8) is 0 Å². The highest BCUT2D eigenvalue weighted by atomic mass is 79.9. The molecule has 0 saturated heterocycles. The van der Waals surface area contributed by atoms with Crippen LogP contribution in [0.3, 0.4) is 0 Å². The smallest absolute Gasteiger partial charge is 0.262 e. The van der Waals surface area contributed by atoms with Gasteiger partial charge in [0.25, 0.3) is 5.91 Å². The van der Waals surface area contributed by atoms with Crippen molar-refractivity contribution in [1.29, 1.82) is 0 Å². The normalized spacial score (nSPS) is 10.2. The standard InChI is InChI=1S/C22H21BrN2O3/c1-27-21-10-6-5-9-19(21)25-22(26)15-28-20-12-11-16(13-18(20)23)14-24-17-7-3-2-4-8-17/h2-13,24H,14-15H2,1H3,(H,25,26). The van der Waals surface area contributed by atoms with Gasteiger partial charge in [0.2, 0.25) is 0 Å². The first-order valence-electron chi connectivity index (χ1n) is 8.79. The Hall–Kier alpha value is -2.99. The Balaban J connectivity index is 1.53. The van der Waals surface area contributed by atoms with Gasteiger partial charge < -0.3 is 20.1 Å². The average Bonchev–Trinajstić information content (AvgIpc) is 2.72. The molecular weight excluding hydrogens is 420 g/mol. The summed E-state index contributed by atoms with van der Waals surface area (Å²) in [6.45, 7) is 0.593. The summed E-state index contributed by atoms with van der Waals surface area (Å²) in [4.78, 5) is 12.2. The molecule has 0 saturated carbocycles. The molecule has 0 aromatic heterocycles. The molecule has 0 radical (unpaired) electrons. The molecule has 6 heteroatoms. The summed E-state index contributed by atoms with van der Waals surface area (Å²) < 4.78 is 11.7. The van der Waals surface area contributed by atoms with Gasteiger partial charge in [0, 0.05) is 12.2 Å². The first kappa shape index (κ1) is 19.8. The van der Waals surface area contributed by atoms with Crippen LogP contribution in [0.5, 0.6) is 11.5 Å². The molecule has 1 amide bonds. The van der Waals surface area contributed by atoms with Crippen molar-refractivity contribution in [3.8, 4) is 11.5 Å². The van der Waals surface area contributed by atoms with Gasteiger partial charge >= 0.3 is 0 Å². The highest BCUT2D eigenvalue weighted by Crippen LogP contribution is 2.27. The Morgan fingerprint density at radius 1 is 0.964 bits per heavy atom. The predicted molar refractivity (Wildman–Crippen MR) is 115 cm³/mol. The lowest BCUT2D eigenvalue weighted by Gasteiger charge is -2.12. The summed E-state index contributed by atoms with van der Waals surface area (Å²) in [6.07, 6.45) is 0. The van der Waals surface area contributed by atoms with Crippen molar-refractivity contribution in [1.82, 2.24) is 0 Å². The Labute approximate surface area is 172 Å². The molecule has 28 heavy (non-hydrogen) atoms. The Morgan fingerprint density at radius 3 is 2.46 bits per heavy atom. The lowest BCUT2D eigenvalue weighted by Crippen LogP contribution is -2.20. The van der Waals surface area contributed by atoms with Crippen LogP contribution in [0.1, 0.15) is 5.56 Å². The Bertz CT molecular complexity index is 932. The number of ether oxygens (including phenoxy) is 2. The van der Waals surface area contributed by atoms with E-state index >= 15 is 0 Å². The van der Waals surface area contributed by atoms with Gasteiger partial charge in [-0.05, 0) is 57.9 Å². The van der Waals surface area contributed by atoms with Crippen LogP contribution >= 0.6 is 15.9 Å². The van der Waals surface area contributed by atoms with E-state index in [-0.39, 0.29) is 12.5 Å². The van der Waals surface area contributed by atoms with Crippen LogP contribution in [0.15, 0.2) is 77.3 Å². The zero-order valence-corrected chi connectivity index (χ0v) is 17.0. The van der Waals surface area contributed by atoms with Crippen molar-refractivity contribution in [2.45, 2.75) is 6.54 Å². The molecular formula is C22H21BrN2O3. The number of anilines is 2. The third kappa shape index (κ3) is 5.50. The van der Waals surface area contributed by atoms with Crippen LogP contribution in [0, 0.1) is 0 Å². The zero-order chi connectivity index (χ0) is 19.8. The third-order valence-corrected chi connectivity index (χ3v) is 4.63. The van der Waals surface area contributed by atoms with Gasteiger partial charge in [-0.2, -0.15) is 0 Å². The summed E-state index contributed by atoms with van der Waals surface area (Å²) in [5, 5.41) is 6.15. The highest BCUT2D eigenvalue weighted by molar-refractivity contribution is 9.10. The molecule has 144 valence electrons. The van der Waals surface area contributed by atoms with Gasteiger partial charge in [-0.3, -0.25) is 4.79 Å². The molecule has 0 unspecified atom stereocenters. The number of methoxy groups -OCH3 is 1. The van der Waals surface area contributed by atoms with Gasteiger partial charge in [0.15, 0.2) is 6.61 Å². The zero-order valence-electron chi connectivity index (χ0n) is 15.4. The fourth-order valence-electron chi connectivity index (χ4n) is 2.61. The number of hydrogen-bond acceptors (Lipinski definition) is 4. The largest absolute Gasteiger partial charge is 0.495 e. The number of halogens is 1. The second kappa shape index (κ2) is 9.80. The molecule has 3 rings (SSSR count). The lowest BCUT2D eigenvalue weighted by atomic mass is 10.2. The van der Waals surface area contributed by atoms with Gasteiger partial charge in [0.05, 0.1) is 17.3 Å². The maximum Gasteiger partial charge on any atom is 0.262 e. The molecule has 0 bridgehead atoms. The van der Waals surface area contributed by atoms with E-state index in [4.69, 9.17) is 9.47 Å². The summed E-state index contributed by atoms with van der Waals surface area (Å²) in [7, 11) is 1.56. The van der Waals surface area contributed by atoms with Gasteiger partial charge in [0.1, 0.15) is 11.5 Å². The molecule has 0 aliphatic rings. The maximum atomic E-state index is 12.2. The van der Waals surface area contributed by atoms with Gasteiger partial charge in [-0.15, -0.1) is 0 Å². The number of benzene rings is 3. The van der Waals surface area contributed by atoms with E-state index in [1.165, 1.54) is 0 Å². The minimum absolute atomic E-state index is 0.0989. The number of rotatable bonds is 8. The highest BCUT2D eigenvalue weighted by Gasteiger charge is 2.09. The molecule has 0 aliphatic heterocycles. The quantitative estimate of drug-likeness (QED) is 0.512. The van der Waals surface area contributed by atoms with E-state index in [9.17, 15) is 4.79 Å². The number of carbonyl (C=O) groups is 1.